The maximum absolute atomic E-state index is 11.1. The van der Waals surface area contributed by atoms with E-state index in [0.717, 1.165) is 37.1 Å². The number of ether oxygens (including phenoxy) is 2. The van der Waals surface area contributed by atoms with Gasteiger partial charge in [-0.3, -0.25) is 10.1 Å². The van der Waals surface area contributed by atoms with Crippen molar-refractivity contribution >= 4 is 6.47 Å². The number of benzene rings is 1. The van der Waals surface area contributed by atoms with E-state index in [0.29, 0.717) is 12.9 Å². The van der Waals surface area contributed by atoms with E-state index in [1.807, 2.05) is 24.3 Å². The molecule has 0 bridgehead atoms. The van der Waals surface area contributed by atoms with Crippen LogP contribution in [-0.4, -0.2) is 25.9 Å². The predicted octanol–water partition coefficient (Wildman–Crippen LogP) is 2.97. The minimum Gasteiger partial charge on any atom is -0.497 e. The Labute approximate surface area is 131 Å². The van der Waals surface area contributed by atoms with Crippen molar-refractivity contribution in [2.75, 3.05) is 13.7 Å². The summed E-state index contributed by atoms with van der Waals surface area (Å²) in [6, 6.07) is 7.97. The number of methoxy groups -OCH3 is 1. The van der Waals surface area contributed by atoms with Crippen LogP contribution in [-0.2, 0) is 16.0 Å². The fraction of sp³-hybridized carbons (Fsp3) is 0.500. The van der Waals surface area contributed by atoms with E-state index in [2.05, 4.69) is 5.32 Å². The third kappa shape index (κ3) is 2.88. The van der Waals surface area contributed by atoms with E-state index in [1.165, 1.54) is 24.0 Å². The summed E-state index contributed by atoms with van der Waals surface area (Å²) in [5.74, 6) is 0.836. The quantitative estimate of drug-likeness (QED) is 0.671. The molecular weight excluding hydrogens is 278 g/mol. The maximum atomic E-state index is 11.1. The third-order valence-corrected chi connectivity index (χ3v) is 4.77. The highest BCUT2D eigenvalue weighted by Gasteiger charge is 2.41. The molecule has 3 rings (SSSR count). The number of hydrogen-bond acceptors (Lipinski definition) is 4. The lowest BCUT2D eigenvalue weighted by atomic mass is 9.79. The summed E-state index contributed by atoms with van der Waals surface area (Å²) in [6.07, 6.45) is 6.32. The van der Waals surface area contributed by atoms with E-state index in [4.69, 9.17) is 9.47 Å². The minimum absolute atomic E-state index is 0.584. The highest BCUT2D eigenvalue weighted by molar-refractivity contribution is 5.43. The lowest BCUT2D eigenvalue weighted by Gasteiger charge is -2.42. The van der Waals surface area contributed by atoms with Crippen LogP contribution in [0.3, 0.4) is 0 Å². The van der Waals surface area contributed by atoms with Crippen LogP contribution in [0.1, 0.15) is 37.7 Å². The molecule has 2 aliphatic rings. The van der Waals surface area contributed by atoms with Gasteiger partial charge in [-0.15, -0.1) is 0 Å². The van der Waals surface area contributed by atoms with Crippen LogP contribution in [0, 0.1) is 0 Å². The van der Waals surface area contributed by atoms with E-state index in [1.54, 1.807) is 7.11 Å². The number of hydrogen-bond donors (Lipinski definition) is 1. The maximum Gasteiger partial charge on any atom is 0.295 e. The van der Waals surface area contributed by atoms with Crippen LogP contribution in [0.5, 0.6) is 5.75 Å². The third-order valence-electron chi connectivity index (χ3n) is 4.77. The smallest absolute Gasteiger partial charge is 0.295 e. The zero-order valence-corrected chi connectivity index (χ0v) is 13.1. The van der Waals surface area contributed by atoms with Crippen molar-refractivity contribution in [3.8, 4) is 5.75 Å². The van der Waals surface area contributed by atoms with Crippen molar-refractivity contribution in [2.45, 2.75) is 44.2 Å². The summed E-state index contributed by atoms with van der Waals surface area (Å²) < 4.78 is 10.8. The summed E-state index contributed by atoms with van der Waals surface area (Å²) in [5, 5.41) is 3.47. The highest BCUT2D eigenvalue weighted by atomic mass is 16.6. The Balaban J connectivity index is 1.91. The van der Waals surface area contributed by atoms with E-state index < -0.39 is 5.72 Å². The molecule has 118 valence electrons. The zero-order chi connectivity index (χ0) is 15.4. The van der Waals surface area contributed by atoms with Crippen LogP contribution < -0.4 is 10.1 Å². The second-order valence-corrected chi connectivity index (χ2v) is 6.03. The summed E-state index contributed by atoms with van der Waals surface area (Å²) >= 11 is 0. The molecule has 0 spiro atoms. The van der Waals surface area contributed by atoms with E-state index in [9.17, 15) is 4.79 Å². The molecule has 1 atom stereocenters. The first kappa shape index (κ1) is 15.1. The van der Waals surface area contributed by atoms with Gasteiger partial charge in [-0.05, 0) is 55.4 Å². The second-order valence-electron chi connectivity index (χ2n) is 6.03. The number of carbonyl (C=O) groups excluding carboxylic acids is 1. The SMILES string of the molecule is COc1ccc(CC2(OC=O)NCCC3=C2CCCC3)cc1. The van der Waals surface area contributed by atoms with Crippen LogP contribution in [0.15, 0.2) is 35.4 Å². The first-order valence-corrected chi connectivity index (χ1v) is 7.98. The molecule has 0 radical (unpaired) electrons. The lowest BCUT2D eigenvalue weighted by molar-refractivity contribution is -0.143. The van der Waals surface area contributed by atoms with E-state index >= 15 is 0 Å². The Morgan fingerprint density at radius 1 is 1.18 bits per heavy atom. The Morgan fingerprint density at radius 3 is 2.68 bits per heavy atom. The average molecular weight is 301 g/mol. The number of carbonyl (C=O) groups is 1. The zero-order valence-electron chi connectivity index (χ0n) is 13.1. The van der Waals surface area contributed by atoms with Crippen molar-refractivity contribution in [3.05, 3.63) is 41.0 Å². The van der Waals surface area contributed by atoms with Gasteiger partial charge in [0.2, 0.25) is 0 Å². The molecule has 0 fully saturated rings. The van der Waals surface area contributed by atoms with Crippen LogP contribution >= 0.6 is 0 Å². The Bertz CT molecular complexity index is 560. The van der Waals surface area contributed by atoms with Gasteiger partial charge in [0.15, 0.2) is 5.72 Å². The normalized spacial score (nSPS) is 24.6. The summed E-state index contributed by atoms with van der Waals surface area (Å²) in [6.45, 7) is 1.45. The molecule has 0 amide bonds. The molecule has 1 aromatic carbocycles. The topological polar surface area (TPSA) is 47.6 Å². The highest BCUT2D eigenvalue weighted by Crippen LogP contribution is 2.39. The fourth-order valence-electron chi connectivity index (χ4n) is 3.69. The monoisotopic (exact) mass is 301 g/mol. The molecule has 0 saturated heterocycles. The van der Waals surface area contributed by atoms with E-state index in [-0.39, 0.29) is 0 Å². The molecule has 0 saturated carbocycles. The molecule has 0 aromatic heterocycles. The Morgan fingerprint density at radius 2 is 1.95 bits per heavy atom. The van der Waals surface area contributed by atoms with Crippen LogP contribution in [0.4, 0.5) is 0 Å². The summed E-state index contributed by atoms with van der Waals surface area (Å²) in [5.41, 5.74) is 3.26. The molecule has 22 heavy (non-hydrogen) atoms. The van der Waals surface area contributed by atoms with Gasteiger partial charge in [0.05, 0.1) is 7.11 Å². The Kier molecular flexibility index (Phi) is 4.48. The van der Waals surface area contributed by atoms with Crippen LogP contribution in [0.2, 0.25) is 0 Å². The van der Waals surface area contributed by atoms with Gasteiger partial charge in [-0.1, -0.05) is 17.7 Å². The van der Waals surface area contributed by atoms with Crippen molar-refractivity contribution in [2.24, 2.45) is 0 Å². The van der Waals surface area contributed by atoms with Gasteiger partial charge in [-0.2, -0.15) is 0 Å². The fourth-order valence-corrected chi connectivity index (χ4v) is 3.69. The largest absolute Gasteiger partial charge is 0.497 e. The first-order chi connectivity index (χ1) is 10.8. The molecule has 4 nitrogen and oxygen atoms in total. The molecule has 1 aliphatic carbocycles. The summed E-state index contributed by atoms with van der Waals surface area (Å²) in [7, 11) is 1.66. The van der Waals surface area contributed by atoms with Gasteiger partial charge < -0.3 is 9.47 Å². The molecule has 1 unspecified atom stereocenters. The molecule has 1 aliphatic heterocycles. The minimum atomic E-state index is -0.662. The van der Waals surface area contributed by atoms with Gasteiger partial charge in [0, 0.05) is 13.0 Å². The number of rotatable bonds is 5. The molecule has 4 heteroatoms. The standard InChI is InChI=1S/C18H23NO3/c1-21-16-8-6-14(7-9-16)12-18(22-13-20)17-5-3-2-4-15(17)10-11-19-18/h6-9,13,19H,2-5,10-12H2,1H3. The van der Waals surface area contributed by atoms with Crippen molar-refractivity contribution in [1.29, 1.82) is 0 Å². The van der Waals surface area contributed by atoms with Gasteiger partial charge >= 0.3 is 0 Å². The van der Waals surface area contributed by atoms with Crippen molar-refractivity contribution in [1.82, 2.24) is 5.32 Å². The van der Waals surface area contributed by atoms with Gasteiger partial charge in [0.25, 0.3) is 6.47 Å². The van der Waals surface area contributed by atoms with Crippen molar-refractivity contribution < 1.29 is 14.3 Å². The Hall–Kier alpha value is -1.81. The lowest BCUT2D eigenvalue weighted by Crippen LogP contribution is -2.54. The molecule has 1 N–H and O–H groups in total. The second kappa shape index (κ2) is 6.53. The average Bonchev–Trinajstić information content (AvgIpc) is 2.56. The van der Waals surface area contributed by atoms with Crippen molar-refractivity contribution in [3.63, 3.8) is 0 Å². The molecular formula is C18H23NO3. The number of nitrogens with one attached hydrogen (secondary N) is 1. The van der Waals surface area contributed by atoms with Gasteiger partial charge in [0.1, 0.15) is 5.75 Å². The van der Waals surface area contributed by atoms with Crippen LogP contribution in [0.25, 0.3) is 0 Å². The molecule has 1 heterocycles. The first-order valence-electron chi connectivity index (χ1n) is 7.98. The summed E-state index contributed by atoms with van der Waals surface area (Å²) in [4.78, 5) is 11.1. The van der Waals surface area contributed by atoms with Gasteiger partial charge in [-0.25, -0.2) is 0 Å². The predicted molar refractivity (Wildman–Crippen MR) is 84.7 cm³/mol. The molecule has 1 aromatic rings.